The number of aryl methyl sites for hydroxylation is 1. The monoisotopic (exact) mass is 517 g/mol. The van der Waals surface area contributed by atoms with Gasteiger partial charge in [0.15, 0.2) is 5.78 Å². The molecule has 6 nitrogen and oxygen atoms in total. The highest BCUT2D eigenvalue weighted by Gasteiger charge is 2.18. The highest BCUT2D eigenvalue weighted by atomic mass is 35.5. The summed E-state index contributed by atoms with van der Waals surface area (Å²) in [6, 6.07) is 19.8. The lowest BCUT2D eigenvalue weighted by Gasteiger charge is -2.10. The number of aromatic nitrogens is 1. The summed E-state index contributed by atoms with van der Waals surface area (Å²) >= 11 is 5.99. The molecule has 0 atom stereocenters. The third-order valence-corrected chi connectivity index (χ3v) is 6.40. The highest BCUT2D eigenvalue weighted by molar-refractivity contribution is 6.30. The number of ether oxygens (including phenoxy) is 1. The van der Waals surface area contributed by atoms with E-state index in [1.54, 1.807) is 36.4 Å². The molecule has 0 spiro atoms. The van der Waals surface area contributed by atoms with E-state index in [1.165, 1.54) is 0 Å². The van der Waals surface area contributed by atoms with Crippen LogP contribution >= 0.6 is 11.6 Å². The predicted molar refractivity (Wildman–Crippen MR) is 149 cm³/mol. The minimum Gasteiger partial charge on any atom is -0.457 e. The summed E-state index contributed by atoms with van der Waals surface area (Å²) in [5, 5.41) is 4.37. The summed E-state index contributed by atoms with van der Waals surface area (Å²) in [5.41, 5.74) is 2.65. The SMILES string of the molecule is CCCCn1cc(C(=O)c2ccc(C(=O)NCCN(C)C)cc2)c2cc(Oc3ccc(Cl)cc3)ccc21. The molecule has 1 N–H and O–H groups in total. The molecular formula is C30H32ClN3O3. The Bertz CT molecular complexity index is 1380. The van der Waals surface area contributed by atoms with Crippen LogP contribution in [0.4, 0.5) is 0 Å². The molecule has 192 valence electrons. The number of ketones is 1. The van der Waals surface area contributed by atoms with E-state index in [1.807, 2.05) is 55.5 Å². The predicted octanol–water partition coefficient (Wildman–Crippen LogP) is 6.41. The van der Waals surface area contributed by atoms with Crippen LogP contribution in [0.25, 0.3) is 10.9 Å². The Kier molecular flexibility index (Phi) is 8.64. The molecule has 0 fully saturated rings. The fourth-order valence-electron chi connectivity index (χ4n) is 4.10. The minimum atomic E-state index is -0.152. The van der Waals surface area contributed by atoms with Gasteiger partial charge in [-0.25, -0.2) is 0 Å². The maximum atomic E-state index is 13.6. The maximum Gasteiger partial charge on any atom is 0.251 e. The number of halogens is 1. The maximum absolute atomic E-state index is 13.6. The van der Waals surface area contributed by atoms with Crippen molar-refractivity contribution in [1.82, 2.24) is 14.8 Å². The second kappa shape index (κ2) is 12.1. The van der Waals surface area contributed by atoms with Gasteiger partial charge in [-0.1, -0.05) is 37.1 Å². The molecule has 0 bridgehead atoms. The molecule has 4 aromatic rings. The molecule has 1 amide bonds. The van der Waals surface area contributed by atoms with Crippen molar-refractivity contribution < 1.29 is 14.3 Å². The van der Waals surface area contributed by atoms with Crippen LogP contribution in [0.5, 0.6) is 11.5 Å². The molecule has 0 unspecified atom stereocenters. The third kappa shape index (κ3) is 6.59. The highest BCUT2D eigenvalue weighted by Crippen LogP contribution is 2.31. The number of hydrogen-bond donors (Lipinski definition) is 1. The van der Waals surface area contributed by atoms with Gasteiger partial charge in [0.25, 0.3) is 5.91 Å². The average molecular weight is 518 g/mol. The molecule has 3 aromatic carbocycles. The van der Waals surface area contributed by atoms with E-state index in [0.29, 0.717) is 39.8 Å². The van der Waals surface area contributed by atoms with Gasteiger partial charge in [0, 0.05) is 58.4 Å². The topological polar surface area (TPSA) is 63.6 Å². The van der Waals surface area contributed by atoms with Gasteiger partial charge in [-0.15, -0.1) is 0 Å². The zero-order valence-electron chi connectivity index (χ0n) is 21.5. The molecule has 37 heavy (non-hydrogen) atoms. The Labute approximate surface area is 222 Å². The molecule has 0 saturated heterocycles. The van der Waals surface area contributed by atoms with Crippen LogP contribution in [0.15, 0.2) is 72.9 Å². The van der Waals surface area contributed by atoms with E-state index in [0.717, 1.165) is 36.8 Å². The normalized spacial score (nSPS) is 11.2. The number of carbonyl (C=O) groups excluding carboxylic acids is 2. The van der Waals surface area contributed by atoms with Crippen molar-refractivity contribution in [3.05, 3.63) is 94.6 Å². The third-order valence-electron chi connectivity index (χ3n) is 6.15. The first-order valence-electron chi connectivity index (χ1n) is 12.5. The minimum absolute atomic E-state index is 0.0940. The fraction of sp³-hybridized carbons (Fsp3) is 0.267. The second-order valence-electron chi connectivity index (χ2n) is 9.29. The van der Waals surface area contributed by atoms with Crippen molar-refractivity contribution in [3.63, 3.8) is 0 Å². The number of amides is 1. The number of nitrogens with one attached hydrogen (secondary N) is 1. The zero-order valence-corrected chi connectivity index (χ0v) is 22.2. The average Bonchev–Trinajstić information content (AvgIpc) is 3.26. The van der Waals surface area contributed by atoms with E-state index < -0.39 is 0 Å². The van der Waals surface area contributed by atoms with Crippen LogP contribution in [0.1, 0.15) is 46.0 Å². The summed E-state index contributed by atoms with van der Waals surface area (Å²) in [6.45, 7) is 4.29. The van der Waals surface area contributed by atoms with Crippen LogP contribution in [-0.4, -0.2) is 48.3 Å². The van der Waals surface area contributed by atoms with E-state index in [2.05, 4.69) is 16.8 Å². The lowest BCUT2D eigenvalue weighted by Crippen LogP contribution is -2.31. The summed E-state index contributed by atoms with van der Waals surface area (Å²) in [4.78, 5) is 28.0. The number of rotatable bonds is 11. The fourth-order valence-corrected chi connectivity index (χ4v) is 4.22. The molecule has 0 aliphatic rings. The second-order valence-corrected chi connectivity index (χ2v) is 9.73. The molecule has 0 saturated carbocycles. The summed E-state index contributed by atoms with van der Waals surface area (Å²) < 4.78 is 8.16. The number of likely N-dealkylation sites (N-methyl/N-ethyl adjacent to an activating group) is 1. The molecule has 1 aromatic heterocycles. The van der Waals surface area contributed by atoms with E-state index >= 15 is 0 Å². The van der Waals surface area contributed by atoms with E-state index in [-0.39, 0.29) is 11.7 Å². The Hall–Kier alpha value is -3.61. The van der Waals surface area contributed by atoms with Crippen LogP contribution < -0.4 is 10.1 Å². The zero-order chi connectivity index (χ0) is 26.4. The summed E-state index contributed by atoms with van der Waals surface area (Å²) in [5.74, 6) is 1.06. The van der Waals surface area contributed by atoms with Crippen LogP contribution in [0.3, 0.4) is 0 Å². The number of carbonyl (C=O) groups is 2. The molecule has 0 radical (unpaired) electrons. The van der Waals surface area contributed by atoms with Gasteiger partial charge < -0.3 is 19.5 Å². The summed E-state index contributed by atoms with van der Waals surface area (Å²) in [7, 11) is 3.91. The Morgan fingerprint density at radius 1 is 0.946 bits per heavy atom. The van der Waals surface area contributed by atoms with Gasteiger partial charge in [-0.3, -0.25) is 9.59 Å². The largest absolute Gasteiger partial charge is 0.457 e. The van der Waals surface area contributed by atoms with Crippen molar-refractivity contribution in [3.8, 4) is 11.5 Å². The van der Waals surface area contributed by atoms with E-state index in [9.17, 15) is 9.59 Å². The number of fused-ring (bicyclic) bond motifs is 1. The molecule has 1 heterocycles. The first kappa shape index (κ1) is 26.5. The summed E-state index contributed by atoms with van der Waals surface area (Å²) in [6.07, 6.45) is 3.99. The van der Waals surface area contributed by atoms with Gasteiger partial charge >= 0.3 is 0 Å². The van der Waals surface area contributed by atoms with Crippen molar-refractivity contribution >= 4 is 34.2 Å². The lowest BCUT2D eigenvalue weighted by atomic mass is 10.0. The molecule has 7 heteroatoms. The number of unbranched alkanes of at least 4 members (excludes halogenated alkanes) is 1. The van der Waals surface area contributed by atoms with Gasteiger partial charge in [-0.05, 0) is 75.1 Å². The quantitative estimate of drug-likeness (QED) is 0.233. The standard InChI is InChI=1S/C30H32ClN3O3/c1-4-5-17-34-20-27(26-19-25(14-15-28(26)34)37-24-12-10-23(31)11-13-24)29(35)21-6-8-22(9-7-21)30(36)32-16-18-33(2)3/h6-15,19-20H,4-5,16-18H2,1-3H3,(H,32,36). The number of hydrogen-bond acceptors (Lipinski definition) is 4. The van der Waals surface area contributed by atoms with Gasteiger partial charge in [-0.2, -0.15) is 0 Å². The van der Waals surface area contributed by atoms with Gasteiger partial charge in [0.05, 0.1) is 0 Å². The van der Waals surface area contributed by atoms with E-state index in [4.69, 9.17) is 16.3 Å². The molecule has 4 rings (SSSR count). The first-order valence-corrected chi connectivity index (χ1v) is 12.9. The number of nitrogens with zero attached hydrogens (tertiary/aromatic N) is 2. The van der Waals surface area contributed by atoms with Crippen molar-refractivity contribution in [2.45, 2.75) is 26.3 Å². The van der Waals surface area contributed by atoms with Crippen molar-refractivity contribution in [1.29, 1.82) is 0 Å². The van der Waals surface area contributed by atoms with Crippen LogP contribution in [-0.2, 0) is 6.54 Å². The molecule has 0 aliphatic heterocycles. The van der Waals surface area contributed by atoms with Gasteiger partial charge in [0.2, 0.25) is 0 Å². The Balaban J connectivity index is 1.61. The van der Waals surface area contributed by atoms with Crippen LogP contribution in [0.2, 0.25) is 5.02 Å². The van der Waals surface area contributed by atoms with Crippen molar-refractivity contribution in [2.75, 3.05) is 27.2 Å². The first-order chi connectivity index (χ1) is 17.9. The molecular weight excluding hydrogens is 486 g/mol. The number of benzene rings is 3. The van der Waals surface area contributed by atoms with Gasteiger partial charge in [0.1, 0.15) is 11.5 Å². The molecule has 0 aliphatic carbocycles. The Morgan fingerprint density at radius 3 is 2.30 bits per heavy atom. The Morgan fingerprint density at radius 2 is 1.62 bits per heavy atom. The lowest BCUT2D eigenvalue weighted by molar-refractivity contribution is 0.0949. The van der Waals surface area contributed by atoms with Crippen LogP contribution in [0, 0.1) is 0 Å². The van der Waals surface area contributed by atoms with Crippen molar-refractivity contribution in [2.24, 2.45) is 0 Å². The smallest absolute Gasteiger partial charge is 0.251 e.